The third-order valence-corrected chi connectivity index (χ3v) is 5.24. The standard InChI is InChI=1S/C25H21N3O3/c1-2-23(29)26-19-13-14-20-22(15-19)27-25(18-11-7-4-8-12-18)24(20)21(16-28(30)31)17-9-5-3-6-10-17/h2-15,21,27H,1,16H2,(H,26,29). The summed E-state index contributed by atoms with van der Waals surface area (Å²) in [5, 5.41) is 15.2. The molecular weight excluding hydrogens is 390 g/mol. The number of aromatic amines is 1. The van der Waals surface area contributed by atoms with Crippen molar-refractivity contribution in [2.45, 2.75) is 5.92 Å². The van der Waals surface area contributed by atoms with E-state index in [0.717, 1.165) is 33.3 Å². The van der Waals surface area contributed by atoms with Gasteiger partial charge in [0.2, 0.25) is 12.5 Å². The third kappa shape index (κ3) is 4.23. The average molecular weight is 411 g/mol. The molecule has 2 N–H and O–H groups in total. The highest BCUT2D eigenvalue weighted by Gasteiger charge is 2.27. The number of nitrogens with zero attached hydrogens (tertiary/aromatic N) is 1. The molecule has 1 atom stereocenters. The number of aromatic nitrogens is 1. The van der Waals surface area contributed by atoms with E-state index in [1.165, 1.54) is 6.08 Å². The first-order chi connectivity index (χ1) is 15.1. The second-order valence-corrected chi connectivity index (χ2v) is 7.21. The minimum atomic E-state index is -0.436. The molecule has 0 fully saturated rings. The smallest absolute Gasteiger partial charge is 0.247 e. The molecule has 154 valence electrons. The van der Waals surface area contributed by atoms with E-state index in [0.29, 0.717) is 5.69 Å². The van der Waals surface area contributed by atoms with E-state index >= 15 is 0 Å². The van der Waals surface area contributed by atoms with Gasteiger partial charge in [0.05, 0.1) is 11.6 Å². The number of hydrogen-bond donors (Lipinski definition) is 2. The molecule has 4 aromatic rings. The number of fused-ring (bicyclic) bond motifs is 1. The van der Waals surface area contributed by atoms with E-state index in [-0.39, 0.29) is 17.4 Å². The molecular formula is C25H21N3O3. The Morgan fingerprint density at radius 2 is 1.74 bits per heavy atom. The maximum atomic E-state index is 11.7. The highest BCUT2D eigenvalue weighted by atomic mass is 16.6. The topological polar surface area (TPSA) is 88.0 Å². The summed E-state index contributed by atoms with van der Waals surface area (Å²) in [7, 11) is 0. The minimum Gasteiger partial charge on any atom is -0.354 e. The van der Waals surface area contributed by atoms with Crippen LogP contribution in [0.25, 0.3) is 22.2 Å². The number of carbonyl (C=O) groups excluding carboxylic acids is 1. The van der Waals surface area contributed by atoms with Crippen molar-refractivity contribution in [2.75, 3.05) is 11.9 Å². The summed E-state index contributed by atoms with van der Waals surface area (Å²) in [6.45, 7) is 3.25. The number of hydrogen-bond acceptors (Lipinski definition) is 3. The van der Waals surface area contributed by atoms with E-state index in [1.54, 1.807) is 6.07 Å². The van der Waals surface area contributed by atoms with Crippen LogP contribution in [0.5, 0.6) is 0 Å². The lowest BCUT2D eigenvalue weighted by Gasteiger charge is -2.16. The summed E-state index contributed by atoms with van der Waals surface area (Å²) in [5.74, 6) is -0.737. The Kier molecular flexibility index (Phi) is 5.62. The van der Waals surface area contributed by atoms with E-state index in [1.807, 2.05) is 72.8 Å². The average Bonchev–Trinajstić information content (AvgIpc) is 3.17. The van der Waals surface area contributed by atoms with Crippen molar-refractivity contribution in [3.05, 3.63) is 113 Å². The van der Waals surface area contributed by atoms with Crippen molar-refractivity contribution < 1.29 is 9.72 Å². The normalized spacial score (nSPS) is 11.7. The maximum absolute atomic E-state index is 11.7. The van der Waals surface area contributed by atoms with E-state index < -0.39 is 5.92 Å². The fourth-order valence-corrected chi connectivity index (χ4v) is 3.88. The first-order valence-electron chi connectivity index (χ1n) is 9.88. The zero-order valence-electron chi connectivity index (χ0n) is 16.7. The highest BCUT2D eigenvalue weighted by molar-refractivity contribution is 6.01. The van der Waals surface area contributed by atoms with Gasteiger partial charge in [0.15, 0.2) is 0 Å². The van der Waals surface area contributed by atoms with Gasteiger partial charge in [-0.25, -0.2) is 0 Å². The molecule has 0 bridgehead atoms. The Morgan fingerprint density at radius 1 is 1.06 bits per heavy atom. The molecule has 0 saturated carbocycles. The number of nitrogens with one attached hydrogen (secondary N) is 2. The molecule has 0 saturated heterocycles. The van der Waals surface area contributed by atoms with Crippen LogP contribution in [0, 0.1) is 10.1 Å². The summed E-state index contributed by atoms with van der Waals surface area (Å²) in [6, 6.07) is 24.8. The molecule has 3 aromatic carbocycles. The summed E-state index contributed by atoms with van der Waals surface area (Å²) in [5.41, 5.74) is 4.93. The van der Waals surface area contributed by atoms with Crippen molar-refractivity contribution in [3.8, 4) is 11.3 Å². The Labute approximate surface area is 179 Å². The van der Waals surface area contributed by atoms with Gasteiger partial charge in [-0.05, 0) is 34.9 Å². The third-order valence-electron chi connectivity index (χ3n) is 5.24. The quantitative estimate of drug-likeness (QED) is 0.243. The molecule has 31 heavy (non-hydrogen) atoms. The molecule has 0 spiro atoms. The molecule has 0 aliphatic carbocycles. The van der Waals surface area contributed by atoms with Crippen LogP contribution in [0.1, 0.15) is 17.0 Å². The lowest BCUT2D eigenvalue weighted by Crippen LogP contribution is -2.14. The lowest BCUT2D eigenvalue weighted by atomic mass is 9.87. The second kappa shape index (κ2) is 8.67. The predicted molar refractivity (Wildman–Crippen MR) is 123 cm³/mol. The maximum Gasteiger partial charge on any atom is 0.247 e. The Morgan fingerprint density at radius 3 is 2.39 bits per heavy atom. The second-order valence-electron chi connectivity index (χ2n) is 7.21. The molecule has 0 aliphatic heterocycles. The van der Waals surface area contributed by atoms with Gasteiger partial charge in [0.1, 0.15) is 0 Å². The molecule has 6 heteroatoms. The fraction of sp³-hybridized carbons (Fsp3) is 0.0800. The molecule has 1 heterocycles. The summed E-state index contributed by atoms with van der Waals surface area (Å²) < 4.78 is 0. The van der Waals surface area contributed by atoms with E-state index in [4.69, 9.17) is 0 Å². The fourth-order valence-electron chi connectivity index (χ4n) is 3.88. The summed E-state index contributed by atoms with van der Waals surface area (Å²) >= 11 is 0. The molecule has 0 aliphatic rings. The minimum absolute atomic E-state index is 0.230. The molecule has 1 amide bonds. The van der Waals surface area contributed by atoms with E-state index in [9.17, 15) is 14.9 Å². The summed E-state index contributed by atoms with van der Waals surface area (Å²) in [4.78, 5) is 26.5. The zero-order chi connectivity index (χ0) is 21.8. The number of anilines is 1. The van der Waals surface area contributed by atoms with Crippen molar-refractivity contribution in [1.29, 1.82) is 0 Å². The molecule has 1 aromatic heterocycles. The number of rotatable bonds is 7. The Hall–Kier alpha value is -4.19. The van der Waals surface area contributed by atoms with Crippen molar-refractivity contribution in [1.82, 2.24) is 4.98 Å². The van der Waals surface area contributed by atoms with Gasteiger partial charge in [-0.15, -0.1) is 0 Å². The Bertz CT molecular complexity index is 1250. The van der Waals surface area contributed by atoms with Crippen LogP contribution in [-0.4, -0.2) is 22.4 Å². The van der Waals surface area contributed by atoms with E-state index in [2.05, 4.69) is 16.9 Å². The zero-order valence-corrected chi connectivity index (χ0v) is 16.7. The number of benzene rings is 3. The number of carbonyl (C=O) groups is 1. The largest absolute Gasteiger partial charge is 0.354 e. The van der Waals surface area contributed by atoms with Gasteiger partial charge < -0.3 is 10.3 Å². The van der Waals surface area contributed by atoms with Crippen LogP contribution >= 0.6 is 0 Å². The Balaban J connectivity index is 1.95. The van der Waals surface area contributed by atoms with Crippen molar-refractivity contribution in [2.24, 2.45) is 0 Å². The van der Waals surface area contributed by atoms with Crippen LogP contribution < -0.4 is 5.32 Å². The predicted octanol–water partition coefficient (Wildman–Crippen LogP) is 5.37. The van der Waals surface area contributed by atoms with Gasteiger partial charge in [-0.2, -0.15) is 0 Å². The number of nitro groups is 1. The molecule has 1 unspecified atom stereocenters. The molecule has 6 nitrogen and oxygen atoms in total. The van der Waals surface area contributed by atoms with Crippen molar-refractivity contribution >= 4 is 22.5 Å². The van der Waals surface area contributed by atoms with Gasteiger partial charge >= 0.3 is 0 Å². The highest BCUT2D eigenvalue weighted by Crippen LogP contribution is 2.39. The van der Waals surface area contributed by atoms with Crippen LogP contribution in [0.15, 0.2) is 91.5 Å². The number of H-pyrrole nitrogens is 1. The first-order valence-corrected chi connectivity index (χ1v) is 9.88. The molecule has 0 radical (unpaired) electrons. The van der Waals surface area contributed by atoms with Gasteiger partial charge in [-0.3, -0.25) is 14.9 Å². The lowest BCUT2D eigenvalue weighted by molar-refractivity contribution is -0.481. The van der Waals surface area contributed by atoms with Gasteiger partial charge in [0, 0.05) is 21.5 Å². The number of amides is 1. The van der Waals surface area contributed by atoms with Crippen LogP contribution in [0.2, 0.25) is 0 Å². The SMILES string of the molecule is C=CC(=O)Nc1ccc2c(C(C[N+](=O)[O-])c3ccccc3)c(-c3ccccc3)[nH]c2c1. The summed E-state index contributed by atoms with van der Waals surface area (Å²) in [6.07, 6.45) is 1.21. The molecule has 4 rings (SSSR count). The van der Waals surface area contributed by atoms with Crippen LogP contribution in [0.3, 0.4) is 0 Å². The van der Waals surface area contributed by atoms with Crippen molar-refractivity contribution in [3.63, 3.8) is 0 Å². The van der Waals surface area contributed by atoms with Crippen LogP contribution in [-0.2, 0) is 4.79 Å². The first kappa shape index (κ1) is 20.1. The van der Waals surface area contributed by atoms with Crippen LogP contribution in [0.4, 0.5) is 5.69 Å². The van der Waals surface area contributed by atoms with Gasteiger partial charge in [0.25, 0.3) is 0 Å². The van der Waals surface area contributed by atoms with Gasteiger partial charge in [-0.1, -0.05) is 73.3 Å². The monoisotopic (exact) mass is 411 g/mol.